The third-order valence-electron chi connectivity index (χ3n) is 2.64. The summed E-state index contributed by atoms with van der Waals surface area (Å²) in [4.78, 5) is 1.06. The largest absolute Gasteiger partial charge is 0.419 e. The summed E-state index contributed by atoms with van der Waals surface area (Å²) in [6, 6.07) is 4.94. The fourth-order valence-corrected chi connectivity index (χ4v) is 3.13. The van der Waals surface area contributed by atoms with E-state index in [0.717, 1.165) is 21.5 Å². The number of halogens is 5. The lowest BCUT2D eigenvalue weighted by Gasteiger charge is -2.10. The van der Waals surface area contributed by atoms with Gasteiger partial charge >= 0.3 is 6.18 Å². The standard InChI is InChI=1S/C13H10BrF4NS/c14-10-3-4-20-12(10)7-19-6-8-1-2-11(15)9(5-8)13(16,17)18/h1-5,19H,6-7H2. The molecule has 1 heterocycles. The fraction of sp³-hybridized carbons (Fsp3) is 0.231. The van der Waals surface area contributed by atoms with Crippen LogP contribution >= 0.6 is 27.3 Å². The van der Waals surface area contributed by atoms with Gasteiger partial charge in [0.15, 0.2) is 0 Å². The summed E-state index contributed by atoms with van der Waals surface area (Å²) in [5, 5.41) is 4.95. The number of thiophene rings is 1. The Balaban J connectivity index is 2.02. The van der Waals surface area contributed by atoms with E-state index in [1.54, 1.807) is 11.3 Å². The molecule has 0 unspecified atom stereocenters. The van der Waals surface area contributed by atoms with Gasteiger partial charge in [-0.2, -0.15) is 13.2 Å². The van der Waals surface area contributed by atoms with Crippen molar-refractivity contribution >= 4 is 27.3 Å². The van der Waals surface area contributed by atoms with Gasteiger partial charge in [0.1, 0.15) is 5.82 Å². The van der Waals surface area contributed by atoms with Crippen molar-refractivity contribution in [3.63, 3.8) is 0 Å². The van der Waals surface area contributed by atoms with E-state index in [2.05, 4.69) is 21.2 Å². The molecule has 0 radical (unpaired) electrons. The van der Waals surface area contributed by atoms with Crippen molar-refractivity contribution < 1.29 is 17.6 Å². The SMILES string of the molecule is Fc1ccc(CNCc2sccc2Br)cc1C(F)(F)F. The molecule has 0 aliphatic carbocycles. The Morgan fingerprint density at radius 1 is 1.15 bits per heavy atom. The van der Waals surface area contributed by atoms with E-state index in [1.165, 1.54) is 6.07 Å². The molecule has 20 heavy (non-hydrogen) atoms. The van der Waals surface area contributed by atoms with Crippen LogP contribution in [-0.2, 0) is 19.3 Å². The van der Waals surface area contributed by atoms with Crippen LogP contribution in [0, 0.1) is 5.82 Å². The van der Waals surface area contributed by atoms with Gasteiger partial charge in [-0.3, -0.25) is 0 Å². The molecule has 1 nitrogen and oxygen atoms in total. The monoisotopic (exact) mass is 367 g/mol. The van der Waals surface area contributed by atoms with Crippen molar-refractivity contribution in [2.24, 2.45) is 0 Å². The second-order valence-corrected chi connectivity index (χ2v) is 5.96. The van der Waals surface area contributed by atoms with E-state index in [4.69, 9.17) is 0 Å². The molecule has 0 saturated heterocycles. The van der Waals surface area contributed by atoms with Crippen LogP contribution in [0.25, 0.3) is 0 Å². The highest BCUT2D eigenvalue weighted by Gasteiger charge is 2.34. The van der Waals surface area contributed by atoms with Gasteiger partial charge in [-0.15, -0.1) is 11.3 Å². The number of hydrogen-bond donors (Lipinski definition) is 1. The molecule has 1 aromatic carbocycles. The lowest BCUT2D eigenvalue weighted by Crippen LogP contribution is -2.14. The molecular formula is C13H10BrF4NS. The van der Waals surface area contributed by atoms with E-state index in [1.807, 2.05) is 11.4 Å². The first-order valence-corrected chi connectivity index (χ1v) is 7.33. The predicted molar refractivity (Wildman–Crippen MR) is 74.0 cm³/mol. The van der Waals surface area contributed by atoms with E-state index in [9.17, 15) is 17.6 Å². The van der Waals surface area contributed by atoms with Gasteiger partial charge in [0.05, 0.1) is 5.56 Å². The van der Waals surface area contributed by atoms with Crippen molar-refractivity contribution in [1.29, 1.82) is 0 Å². The molecule has 0 amide bonds. The van der Waals surface area contributed by atoms with Crippen LogP contribution in [-0.4, -0.2) is 0 Å². The van der Waals surface area contributed by atoms with E-state index < -0.39 is 17.6 Å². The van der Waals surface area contributed by atoms with Gasteiger partial charge in [0, 0.05) is 22.4 Å². The first kappa shape index (κ1) is 15.5. The van der Waals surface area contributed by atoms with Gasteiger partial charge < -0.3 is 5.32 Å². The molecule has 0 aliphatic heterocycles. The number of nitrogens with one attached hydrogen (secondary N) is 1. The molecule has 0 saturated carbocycles. The Morgan fingerprint density at radius 2 is 1.90 bits per heavy atom. The quantitative estimate of drug-likeness (QED) is 0.753. The average molecular weight is 368 g/mol. The number of hydrogen-bond acceptors (Lipinski definition) is 2. The molecule has 1 N–H and O–H groups in total. The highest BCUT2D eigenvalue weighted by molar-refractivity contribution is 9.10. The Morgan fingerprint density at radius 3 is 2.50 bits per heavy atom. The molecule has 0 spiro atoms. The zero-order valence-electron chi connectivity index (χ0n) is 10.1. The first-order chi connectivity index (χ1) is 9.38. The van der Waals surface area contributed by atoms with Crippen LogP contribution in [0.15, 0.2) is 34.1 Å². The summed E-state index contributed by atoms with van der Waals surface area (Å²) in [5.41, 5.74) is -0.833. The smallest absolute Gasteiger partial charge is 0.308 e. The van der Waals surface area contributed by atoms with Crippen LogP contribution in [0.5, 0.6) is 0 Å². The summed E-state index contributed by atoms with van der Waals surface area (Å²) in [7, 11) is 0. The lowest BCUT2D eigenvalue weighted by molar-refractivity contribution is -0.140. The maximum absolute atomic E-state index is 13.1. The summed E-state index contributed by atoms with van der Waals surface area (Å²) in [6.45, 7) is 0.782. The maximum atomic E-state index is 13.1. The highest BCUT2D eigenvalue weighted by Crippen LogP contribution is 2.32. The number of alkyl halides is 3. The van der Waals surface area contributed by atoms with Crippen LogP contribution < -0.4 is 5.32 Å². The molecule has 108 valence electrons. The molecule has 0 fully saturated rings. The van der Waals surface area contributed by atoms with Crippen molar-refractivity contribution in [1.82, 2.24) is 5.32 Å². The molecule has 1 aromatic heterocycles. The molecule has 2 rings (SSSR count). The highest BCUT2D eigenvalue weighted by atomic mass is 79.9. The summed E-state index contributed by atoms with van der Waals surface area (Å²) >= 11 is 4.92. The van der Waals surface area contributed by atoms with Gasteiger partial charge in [-0.05, 0) is 45.1 Å². The zero-order chi connectivity index (χ0) is 14.8. The van der Waals surface area contributed by atoms with E-state index in [-0.39, 0.29) is 6.54 Å². The minimum absolute atomic E-state index is 0.244. The van der Waals surface area contributed by atoms with E-state index >= 15 is 0 Å². The van der Waals surface area contributed by atoms with E-state index in [0.29, 0.717) is 12.1 Å². The zero-order valence-corrected chi connectivity index (χ0v) is 12.5. The Bertz CT molecular complexity index is 594. The van der Waals surface area contributed by atoms with Gasteiger partial charge in [0.2, 0.25) is 0 Å². The molecule has 7 heteroatoms. The third-order valence-corrected chi connectivity index (χ3v) is 4.57. The summed E-state index contributed by atoms with van der Waals surface area (Å²) in [6.07, 6.45) is -4.67. The lowest BCUT2D eigenvalue weighted by atomic mass is 10.1. The molecule has 2 aromatic rings. The predicted octanol–water partition coefficient (Wildman–Crippen LogP) is 4.96. The van der Waals surface area contributed by atoms with Crippen LogP contribution in [0.2, 0.25) is 0 Å². The van der Waals surface area contributed by atoms with Gasteiger partial charge in [-0.25, -0.2) is 4.39 Å². The second kappa shape index (κ2) is 6.24. The maximum Gasteiger partial charge on any atom is 0.419 e. The summed E-state index contributed by atoms with van der Waals surface area (Å²) < 4.78 is 51.8. The van der Waals surface area contributed by atoms with Crippen LogP contribution in [0.4, 0.5) is 17.6 Å². The fourth-order valence-electron chi connectivity index (χ4n) is 1.67. The molecule has 0 atom stereocenters. The van der Waals surface area contributed by atoms with Crippen molar-refractivity contribution in [2.75, 3.05) is 0 Å². The number of rotatable bonds is 4. The van der Waals surface area contributed by atoms with Crippen molar-refractivity contribution in [3.8, 4) is 0 Å². The Hall–Kier alpha value is -0.920. The second-order valence-electron chi connectivity index (χ2n) is 4.11. The minimum Gasteiger partial charge on any atom is -0.308 e. The van der Waals surface area contributed by atoms with Gasteiger partial charge in [0.25, 0.3) is 0 Å². The summed E-state index contributed by atoms with van der Waals surface area (Å²) in [5.74, 6) is -1.25. The molecule has 0 bridgehead atoms. The molecular weight excluding hydrogens is 358 g/mol. The van der Waals surface area contributed by atoms with Crippen LogP contribution in [0.3, 0.4) is 0 Å². The van der Waals surface area contributed by atoms with Gasteiger partial charge in [-0.1, -0.05) is 6.07 Å². The van der Waals surface area contributed by atoms with Crippen LogP contribution in [0.1, 0.15) is 16.0 Å². The van der Waals surface area contributed by atoms with Crippen molar-refractivity contribution in [3.05, 3.63) is 55.9 Å². The normalized spacial score (nSPS) is 11.8. The average Bonchev–Trinajstić information content (AvgIpc) is 2.76. The number of benzene rings is 1. The third kappa shape index (κ3) is 3.80. The topological polar surface area (TPSA) is 12.0 Å². The minimum atomic E-state index is -4.67. The Labute approximate surface area is 125 Å². The Kier molecular flexibility index (Phi) is 4.82. The molecule has 0 aliphatic rings. The van der Waals surface area contributed by atoms with Crippen molar-refractivity contribution in [2.45, 2.75) is 19.3 Å². The first-order valence-electron chi connectivity index (χ1n) is 5.66.